The molecule has 0 fully saturated rings. The first kappa shape index (κ1) is 12.5. The number of nitrogens with one attached hydrogen (secondary N) is 2. The maximum Gasteiger partial charge on any atom is 0.251 e. The molecule has 0 bridgehead atoms. The van der Waals surface area contributed by atoms with E-state index in [9.17, 15) is 4.79 Å². The highest BCUT2D eigenvalue weighted by Gasteiger charge is 2.09. The lowest BCUT2D eigenvalue weighted by molar-refractivity contribution is 0.0955. The van der Waals surface area contributed by atoms with Gasteiger partial charge in [-0.1, -0.05) is 0 Å². The van der Waals surface area contributed by atoms with E-state index in [0.717, 1.165) is 10.1 Å². The van der Waals surface area contributed by atoms with Crippen molar-refractivity contribution in [2.75, 3.05) is 12.3 Å². The predicted molar refractivity (Wildman–Crippen MR) is 71.6 cm³/mol. The van der Waals surface area contributed by atoms with Crippen molar-refractivity contribution in [3.8, 4) is 0 Å². The van der Waals surface area contributed by atoms with Gasteiger partial charge < -0.3 is 16.0 Å². The number of nitrogen functional groups attached to an aromatic ring is 1. The standard InChI is InChI=1S/C12H14N4OS/c1-2-14-11(17)8-3-4-9(13)10(7-8)18-12-15-5-6-16-12/h3-7H,2,13H2,1H3,(H,14,17)(H,15,16). The average Bonchev–Trinajstić information content (AvgIpc) is 2.85. The second kappa shape index (κ2) is 5.59. The Bertz CT molecular complexity index is 539. The fourth-order valence-electron chi connectivity index (χ4n) is 1.44. The minimum absolute atomic E-state index is 0.0983. The molecule has 2 rings (SSSR count). The van der Waals surface area contributed by atoms with Crippen LogP contribution in [0.2, 0.25) is 0 Å². The quantitative estimate of drug-likeness (QED) is 0.735. The van der Waals surface area contributed by atoms with E-state index in [0.29, 0.717) is 17.8 Å². The maximum absolute atomic E-state index is 11.7. The number of nitrogens with zero attached hydrogens (tertiary/aromatic N) is 1. The Kier molecular flexibility index (Phi) is 3.88. The van der Waals surface area contributed by atoms with Gasteiger partial charge in [0.05, 0.1) is 0 Å². The van der Waals surface area contributed by atoms with Crippen LogP contribution < -0.4 is 11.1 Å². The molecule has 2 aromatic rings. The number of H-pyrrole nitrogens is 1. The molecule has 0 unspecified atom stereocenters. The van der Waals surface area contributed by atoms with E-state index in [1.54, 1.807) is 30.6 Å². The van der Waals surface area contributed by atoms with Gasteiger partial charge in [0.1, 0.15) is 0 Å². The Morgan fingerprint density at radius 2 is 2.39 bits per heavy atom. The minimum Gasteiger partial charge on any atom is -0.398 e. The highest BCUT2D eigenvalue weighted by molar-refractivity contribution is 7.99. The van der Waals surface area contributed by atoms with Crippen LogP contribution in [0.3, 0.4) is 0 Å². The third kappa shape index (κ3) is 2.84. The van der Waals surface area contributed by atoms with Gasteiger partial charge in [-0.3, -0.25) is 4.79 Å². The summed E-state index contributed by atoms with van der Waals surface area (Å²) in [5.41, 5.74) is 7.11. The Morgan fingerprint density at radius 1 is 1.56 bits per heavy atom. The molecule has 0 spiro atoms. The van der Waals surface area contributed by atoms with E-state index < -0.39 is 0 Å². The van der Waals surface area contributed by atoms with Crippen LogP contribution in [-0.2, 0) is 0 Å². The Labute approximate surface area is 109 Å². The van der Waals surface area contributed by atoms with Gasteiger partial charge in [0, 0.05) is 35.1 Å². The number of aromatic amines is 1. The van der Waals surface area contributed by atoms with E-state index in [-0.39, 0.29) is 5.91 Å². The molecule has 1 aromatic carbocycles. The number of amides is 1. The lowest BCUT2D eigenvalue weighted by atomic mass is 10.2. The molecule has 1 amide bonds. The van der Waals surface area contributed by atoms with E-state index >= 15 is 0 Å². The minimum atomic E-state index is -0.0983. The second-order valence-electron chi connectivity index (χ2n) is 3.61. The summed E-state index contributed by atoms with van der Waals surface area (Å²) < 4.78 is 0. The highest BCUT2D eigenvalue weighted by Crippen LogP contribution is 2.30. The van der Waals surface area contributed by atoms with Gasteiger partial charge in [-0.25, -0.2) is 4.98 Å². The number of rotatable bonds is 4. The SMILES string of the molecule is CCNC(=O)c1ccc(N)c(Sc2ncc[nH]2)c1. The maximum atomic E-state index is 11.7. The molecule has 94 valence electrons. The molecule has 1 heterocycles. The average molecular weight is 262 g/mol. The van der Waals surface area contributed by atoms with E-state index in [4.69, 9.17) is 5.73 Å². The van der Waals surface area contributed by atoms with Crippen LogP contribution in [0.25, 0.3) is 0 Å². The van der Waals surface area contributed by atoms with Gasteiger partial charge in [-0.15, -0.1) is 0 Å². The number of aromatic nitrogens is 2. The summed E-state index contributed by atoms with van der Waals surface area (Å²) >= 11 is 1.40. The van der Waals surface area contributed by atoms with Crippen LogP contribution in [0, 0.1) is 0 Å². The Morgan fingerprint density at radius 3 is 3.06 bits per heavy atom. The van der Waals surface area contributed by atoms with Gasteiger partial charge in [0.2, 0.25) is 0 Å². The van der Waals surface area contributed by atoms with Gasteiger partial charge in [0.15, 0.2) is 5.16 Å². The van der Waals surface area contributed by atoms with Crippen molar-refractivity contribution in [1.29, 1.82) is 0 Å². The van der Waals surface area contributed by atoms with Crippen molar-refractivity contribution in [3.63, 3.8) is 0 Å². The van der Waals surface area contributed by atoms with Crippen molar-refractivity contribution in [3.05, 3.63) is 36.2 Å². The number of imidazole rings is 1. The second-order valence-corrected chi connectivity index (χ2v) is 4.64. The summed E-state index contributed by atoms with van der Waals surface area (Å²) in [7, 11) is 0. The molecule has 1 aromatic heterocycles. The zero-order chi connectivity index (χ0) is 13.0. The van der Waals surface area contributed by atoms with E-state index in [1.165, 1.54) is 11.8 Å². The normalized spacial score (nSPS) is 10.3. The summed E-state index contributed by atoms with van der Waals surface area (Å²) in [6.07, 6.45) is 3.42. The molecule has 18 heavy (non-hydrogen) atoms. The van der Waals surface area contributed by atoms with Crippen molar-refractivity contribution in [1.82, 2.24) is 15.3 Å². The molecular formula is C12H14N4OS. The summed E-state index contributed by atoms with van der Waals surface area (Å²) in [4.78, 5) is 19.6. The molecule has 0 aliphatic carbocycles. The molecule has 5 nitrogen and oxygen atoms in total. The van der Waals surface area contributed by atoms with Crippen molar-refractivity contribution in [2.24, 2.45) is 0 Å². The van der Waals surface area contributed by atoms with Crippen LogP contribution in [0.5, 0.6) is 0 Å². The largest absolute Gasteiger partial charge is 0.398 e. The van der Waals surface area contributed by atoms with E-state index in [2.05, 4.69) is 15.3 Å². The number of anilines is 1. The number of carbonyl (C=O) groups excluding carboxylic acids is 1. The highest BCUT2D eigenvalue weighted by atomic mass is 32.2. The molecule has 6 heteroatoms. The number of hydrogen-bond donors (Lipinski definition) is 3. The number of hydrogen-bond acceptors (Lipinski definition) is 4. The first-order valence-electron chi connectivity index (χ1n) is 5.55. The van der Waals surface area contributed by atoms with Crippen molar-refractivity contribution < 1.29 is 4.79 Å². The molecular weight excluding hydrogens is 248 g/mol. The molecule has 0 radical (unpaired) electrons. The van der Waals surface area contributed by atoms with Crippen LogP contribution in [-0.4, -0.2) is 22.4 Å². The topological polar surface area (TPSA) is 83.8 Å². The Balaban J connectivity index is 2.24. The summed E-state index contributed by atoms with van der Waals surface area (Å²) in [6, 6.07) is 5.22. The number of nitrogens with two attached hydrogens (primary N) is 1. The van der Waals surface area contributed by atoms with E-state index in [1.807, 2.05) is 6.92 Å². The number of carbonyl (C=O) groups is 1. The summed E-state index contributed by atoms with van der Waals surface area (Å²) in [5, 5.41) is 3.50. The first-order chi connectivity index (χ1) is 8.70. The summed E-state index contributed by atoms with van der Waals surface area (Å²) in [6.45, 7) is 2.48. The van der Waals surface area contributed by atoms with Crippen LogP contribution in [0.4, 0.5) is 5.69 Å². The first-order valence-corrected chi connectivity index (χ1v) is 6.37. The zero-order valence-corrected chi connectivity index (χ0v) is 10.8. The molecule has 0 aliphatic rings. The van der Waals surface area contributed by atoms with Gasteiger partial charge >= 0.3 is 0 Å². The lowest BCUT2D eigenvalue weighted by Gasteiger charge is -2.07. The Hall–Kier alpha value is -1.95. The summed E-state index contributed by atoms with van der Waals surface area (Å²) in [5.74, 6) is -0.0983. The molecule has 4 N–H and O–H groups in total. The zero-order valence-electron chi connectivity index (χ0n) is 9.93. The van der Waals surface area contributed by atoms with Crippen molar-refractivity contribution >= 4 is 23.4 Å². The molecule has 0 saturated heterocycles. The molecule has 0 saturated carbocycles. The molecule has 0 atom stereocenters. The third-order valence-corrected chi connectivity index (χ3v) is 3.28. The fraction of sp³-hybridized carbons (Fsp3) is 0.167. The lowest BCUT2D eigenvalue weighted by Crippen LogP contribution is -2.22. The fourth-order valence-corrected chi connectivity index (χ4v) is 2.26. The molecule has 0 aliphatic heterocycles. The van der Waals surface area contributed by atoms with Crippen LogP contribution in [0.15, 0.2) is 40.6 Å². The van der Waals surface area contributed by atoms with Gasteiger partial charge in [0.25, 0.3) is 5.91 Å². The monoisotopic (exact) mass is 262 g/mol. The predicted octanol–water partition coefficient (Wildman–Crippen LogP) is 1.89. The van der Waals surface area contributed by atoms with Gasteiger partial charge in [-0.2, -0.15) is 0 Å². The van der Waals surface area contributed by atoms with Crippen LogP contribution in [0.1, 0.15) is 17.3 Å². The van der Waals surface area contributed by atoms with Gasteiger partial charge in [-0.05, 0) is 36.9 Å². The number of benzene rings is 1. The third-order valence-electron chi connectivity index (χ3n) is 2.29. The smallest absolute Gasteiger partial charge is 0.251 e. The van der Waals surface area contributed by atoms with Crippen LogP contribution >= 0.6 is 11.8 Å². The van der Waals surface area contributed by atoms with Crippen molar-refractivity contribution in [2.45, 2.75) is 17.0 Å².